The van der Waals surface area contributed by atoms with Crippen molar-refractivity contribution in [1.29, 1.82) is 5.26 Å². The van der Waals surface area contributed by atoms with Gasteiger partial charge in [-0.3, -0.25) is 0 Å². The van der Waals surface area contributed by atoms with Crippen molar-refractivity contribution >= 4 is 0 Å². The van der Waals surface area contributed by atoms with Gasteiger partial charge in [-0.25, -0.2) is 15.0 Å². The van der Waals surface area contributed by atoms with Gasteiger partial charge in [0.1, 0.15) is 0 Å². The molecule has 8 rings (SSSR count). The van der Waals surface area contributed by atoms with Gasteiger partial charge in [0.25, 0.3) is 0 Å². The minimum absolute atomic E-state index is 0.329. The molecule has 49 heavy (non-hydrogen) atoms. The van der Waals surface area contributed by atoms with E-state index in [4.69, 9.17) is 15.0 Å². The second-order valence-corrected chi connectivity index (χ2v) is 14.5. The molecule has 0 radical (unpaired) electrons. The van der Waals surface area contributed by atoms with Gasteiger partial charge in [0, 0.05) is 16.7 Å². The average Bonchev–Trinajstić information content (AvgIpc) is 3.14. The molecule has 2 aliphatic carbocycles. The molecule has 1 aromatic heterocycles. The Morgan fingerprint density at radius 2 is 0.980 bits per heavy atom. The number of nitriles is 1. The number of hydrogen-bond donors (Lipinski definition) is 0. The van der Waals surface area contributed by atoms with Crippen LogP contribution in [0.25, 0.3) is 56.4 Å². The molecule has 4 heteroatoms. The molecule has 2 aliphatic rings. The molecule has 0 spiro atoms. The topological polar surface area (TPSA) is 62.5 Å². The lowest BCUT2D eigenvalue weighted by atomic mass is 9.54. The molecule has 1 heterocycles. The molecular formula is C45H40N4. The maximum Gasteiger partial charge on any atom is 0.164 e. The van der Waals surface area contributed by atoms with Crippen LogP contribution in [0, 0.1) is 29.1 Å². The van der Waals surface area contributed by atoms with E-state index in [1.807, 2.05) is 54.6 Å². The van der Waals surface area contributed by atoms with Crippen LogP contribution in [-0.4, -0.2) is 15.0 Å². The van der Waals surface area contributed by atoms with Crippen LogP contribution in [0.15, 0.2) is 127 Å². The molecule has 4 nitrogen and oxygen atoms in total. The van der Waals surface area contributed by atoms with Crippen molar-refractivity contribution in [3.05, 3.63) is 139 Å². The van der Waals surface area contributed by atoms with Gasteiger partial charge in [0.05, 0.1) is 11.6 Å². The monoisotopic (exact) mass is 636 g/mol. The Bertz CT molecular complexity index is 2110. The first-order valence-electron chi connectivity index (χ1n) is 17.6. The Morgan fingerprint density at radius 3 is 1.59 bits per heavy atom. The van der Waals surface area contributed by atoms with Crippen molar-refractivity contribution in [3.63, 3.8) is 0 Å². The zero-order valence-electron chi connectivity index (χ0n) is 28.2. The van der Waals surface area contributed by atoms with Crippen LogP contribution in [0.3, 0.4) is 0 Å². The highest BCUT2D eigenvalue weighted by Crippen LogP contribution is 2.54. The molecular weight excluding hydrogens is 597 g/mol. The summed E-state index contributed by atoms with van der Waals surface area (Å²) in [6, 6.07) is 46.2. The lowest BCUT2D eigenvalue weighted by Crippen LogP contribution is -2.42. The number of benzene rings is 5. The van der Waals surface area contributed by atoms with Crippen molar-refractivity contribution < 1.29 is 0 Å². The van der Waals surface area contributed by atoms with Crippen molar-refractivity contribution in [2.75, 3.05) is 0 Å². The van der Waals surface area contributed by atoms with E-state index in [9.17, 15) is 5.26 Å². The second-order valence-electron chi connectivity index (χ2n) is 14.5. The largest absolute Gasteiger partial charge is 0.208 e. The fraction of sp³-hybridized carbons (Fsp3) is 0.244. The fourth-order valence-corrected chi connectivity index (χ4v) is 8.81. The fourth-order valence-electron chi connectivity index (χ4n) is 8.81. The van der Waals surface area contributed by atoms with Gasteiger partial charge in [-0.15, -0.1) is 0 Å². The summed E-state index contributed by atoms with van der Waals surface area (Å²) in [6.45, 7) is 4.91. The number of fused-ring (bicyclic) bond motifs is 2. The summed E-state index contributed by atoms with van der Waals surface area (Å²) in [4.78, 5) is 15.0. The van der Waals surface area contributed by atoms with Gasteiger partial charge in [-0.2, -0.15) is 5.26 Å². The molecule has 4 atom stereocenters. The van der Waals surface area contributed by atoms with E-state index in [2.05, 4.69) is 92.7 Å². The predicted octanol–water partition coefficient (Wildman–Crippen LogP) is 11.2. The minimum atomic E-state index is 0.329. The molecule has 2 fully saturated rings. The van der Waals surface area contributed by atoms with Gasteiger partial charge in [-0.05, 0) is 101 Å². The molecule has 2 saturated carbocycles. The summed E-state index contributed by atoms with van der Waals surface area (Å²) in [5.41, 5.74) is 9.82. The molecule has 6 aromatic rings. The standard InChI is InChI=1S/C45H40N4/c1-30-23-33-24-31(2)27-45(26-30,28-33)41-21-19-36(20-22-41)39-9-6-10-40(25-39)44-48-42(37-7-4-3-5-8-37)47-43(49-44)38-17-15-35(16-18-38)34-13-11-32(29-46)12-14-34/h3-22,25,30-31,33H,23-24,26-28H2,1-2H3/t30-,31+,33?,45?. The Hall–Kier alpha value is -5.40. The zero-order chi connectivity index (χ0) is 33.4. The molecule has 5 aromatic carbocycles. The van der Waals surface area contributed by atoms with Crippen molar-refractivity contribution in [2.24, 2.45) is 17.8 Å². The third-order valence-electron chi connectivity index (χ3n) is 10.7. The summed E-state index contributed by atoms with van der Waals surface area (Å²) < 4.78 is 0. The zero-order valence-corrected chi connectivity index (χ0v) is 28.2. The quantitative estimate of drug-likeness (QED) is 0.182. The summed E-state index contributed by atoms with van der Waals surface area (Å²) in [6.07, 6.45) is 6.76. The smallest absolute Gasteiger partial charge is 0.164 e. The van der Waals surface area contributed by atoms with Crippen molar-refractivity contribution in [2.45, 2.75) is 51.4 Å². The average molecular weight is 637 g/mol. The number of hydrogen-bond acceptors (Lipinski definition) is 4. The van der Waals surface area contributed by atoms with Gasteiger partial charge in [-0.1, -0.05) is 123 Å². The van der Waals surface area contributed by atoms with Crippen LogP contribution in [0.4, 0.5) is 0 Å². The van der Waals surface area contributed by atoms with Gasteiger partial charge in [0.15, 0.2) is 17.5 Å². The molecule has 0 N–H and O–H groups in total. The van der Waals surface area contributed by atoms with E-state index in [1.54, 1.807) is 0 Å². The minimum Gasteiger partial charge on any atom is -0.208 e. The third kappa shape index (κ3) is 6.30. The van der Waals surface area contributed by atoms with E-state index >= 15 is 0 Å². The summed E-state index contributed by atoms with van der Waals surface area (Å²) in [5.74, 6) is 4.40. The maximum absolute atomic E-state index is 9.17. The van der Waals surface area contributed by atoms with E-state index in [0.29, 0.717) is 28.5 Å². The molecule has 0 aliphatic heterocycles. The van der Waals surface area contributed by atoms with E-state index < -0.39 is 0 Å². The highest BCUT2D eigenvalue weighted by Gasteiger charge is 2.45. The Balaban J connectivity index is 1.13. The number of aromatic nitrogens is 3. The number of rotatable bonds is 6. The van der Waals surface area contributed by atoms with E-state index in [-0.39, 0.29) is 0 Å². The first-order chi connectivity index (χ1) is 23.9. The molecule has 0 amide bonds. The maximum atomic E-state index is 9.17. The molecule has 2 unspecified atom stereocenters. The van der Waals surface area contributed by atoms with Crippen LogP contribution in [0.5, 0.6) is 0 Å². The number of nitrogens with zero attached hydrogens (tertiary/aromatic N) is 4. The molecule has 240 valence electrons. The van der Waals surface area contributed by atoms with Crippen LogP contribution >= 0.6 is 0 Å². The van der Waals surface area contributed by atoms with Gasteiger partial charge in [0.2, 0.25) is 0 Å². The van der Waals surface area contributed by atoms with Crippen molar-refractivity contribution in [1.82, 2.24) is 15.0 Å². The van der Waals surface area contributed by atoms with Crippen molar-refractivity contribution in [3.8, 4) is 62.5 Å². The van der Waals surface area contributed by atoms with Crippen LogP contribution in [-0.2, 0) is 5.41 Å². The lowest BCUT2D eigenvalue weighted by molar-refractivity contribution is 0.0780. The first kappa shape index (κ1) is 30.9. The van der Waals surface area contributed by atoms with Gasteiger partial charge >= 0.3 is 0 Å². The Labute approximate surface area is 289 Å². The Morgan fingerprint density at radius 1 is 0.510 bits per heavy atom. The van der Waals surface area contributed by atoms with Crippen LogP contribution in [0.2, 0.25) is 0 Å². The van der Waals surface area contributed by atoms with Crippen LogP contribution < -0.4 is 0 Å². The van der Waals surface area contributed by atoms with Crippen LogP contribution in [0.1, 0.15) is 57.1 Å². The normalized spacial score (nSPS) is 21.5. The van der Waals surface area contributed by atoms with E-state index in [1.165, 1.54) is 43.2 Å². The Kier molecular flexibility index (Phi) is 8.14. The SMILES string of the molecule is C[C@@H]1CC2C[C@H](C)CC(c3ccc(-c4cccc(-c5nc(-c6ccccc6)nc(-c6ccc(-c7ccc(C#N)cc7)cc6)n5)c4)cc3)(C2)C1. The van der Waals surface area contributed by atoms with Gasteiger partial charge < -0.3 is 0 Å². The summed E-state index contributed by atoms with van der Waals surface area (Å²) in [7, 11) is 0. The predicted molar refractivity (Wildman–Crippen MR) is 198 cm³/mol. The lowest BCUT2D eigenvalue weighted by Gasteiger charge is -2.50. The highest BCUT2D eigenvalue weighted by atomic mass is 15.0. The third-order valence-corrected chi connectivity index (χ3v) is 10.7. The first-order valence-corrected chi connectivity index (χ1v) is 17.6. The summed E-state index contributed by atoms with van der Waals surface area (Å²) in [5, 5.41) is 9.17. The second kappa shape index (κ2) is 12.9. The molecule has 2 bridgehead atoms. The highest BCUT2D eigenvalue weighted by molar-refractivity contribution is 5.74. The summed E-state index contributed by atoms with van der Waals surface area (Å²) >= 11 is 0. The van der Waals surface area contributed by atoms with E-state index in [0.717, 1.165) is 51.1 Å². The molecule has 0 saturated heterocycles.